The van der Waals surface area contributed by atoms with E-state index in [9.17, 15) is 9.59 Å². The molecule has 3 rings (SSSR count). The Morgan fingerprint density at radius 3 is 2.43 bits per heavy atom. The van der Waals surface area contributed by atoms with Crippen LogP contribution in [0.3, 0.4) is 0 Å². The quantitative estimate of drug-likeness (QED) is 0.681. The number of carbonyl (C=O) groups excluding carboxylic acids is 2. The smallest absolute Gasteiger partial charge is 0.309 e. The number of nitrogens with one attached hydrogen (secondary N) is 2. The second-order valence-electron chi connectivity index (χ2n) is 7.31. The van der Waals surface area contributed by atoms with Crippen LogP contribution in [-0.2, 0) is 26.3 Å². The van der Waals surface area contributed by atoms with Crippen LogP contribution >= 0.6 is 0 Å². The van der Waals surface area contributed by atoms with Gasteiger partial charge >= 0.3 is 11.8 Å². The summed E-state index contributed by atoms with van der Waals surface area (Å²) in [6, 6.07) is 15.1. The summed E-state index contributed by atoms with van der Waals surface area (Å²) in [7, 11) is 3.22. The first kappa shape index (κ1) is 21.6. The maximum atomic E-state index is 12.4. The number of ether oxygens (including phenoxy) is 3. The Kier molecular flexibility index (Phi) is 7.30. The third kappa shape index (κ3) is 5.10. The summed E-state index contributed by atoms with van der Waals surface area (Å²) < 4.78 is 16.3. The fraction of sp³-hybridized carbons (Fsp3) is 0.391. The topological polar surface area (TPSA) is 85.9 Å². The summed E-state index contributed by atoms with van der Waals surface area (Å²) >= 11 is 0. The molecule has 0 aromatic heterocycles. The molecule has 2 aromatic rings. The van der Waals surface area contributed by atoms with Crippen molar-refractivity contribution in [3.63, 3.8) is 0 Å². The molecule has 1 aliphatic rings. The van der Waals surface area contributed by atoms with Crippen molar-refractivity contribution in [1.29, 1.82) is 0 Å². The normalized spacial score (nSPS) is 15.1. The molecule has 0 radical (unpaired) electrons. The molecule has 2 N–H and O–H groups in total. The van der Waals surface area contributed by atoms with Gasteiger partial charge in [0.2, 0.25) is 0 Å². The molecule has 7 heteroatoms. The Hall–Kier alpha value is -3.06. The molecule has 0 spiro atoms. The monoisotopic (exact) mass is 412 g/mol. The van der Waals surface area contributed by atoms with Gasteiger partial charge in [-0.15, -0.1) is 0 Å². The summed E-state index contributed by atoms with van der Waals surface area (Å²) in [6.07, 6.45) is 1.47. The Morgan fingerprint density at radius 1 is 0.967 bits per heavy atom. The predicted molar refractivity (Wildman–Crippen MR) is 113 cm³/mol. The third-order valence-electron chi connectivity index (χ3n) is 5.51. The summed E-state index contributed by atoms with van der Waals surface area (Å²) in [5, 5.41) is 5.47. The average Bonchev–Trinajstić information content (AvgIpc) is 2.81. The van der Waals surface area contributed by atoms with E-state index in [0.29, 0.717) is 25.5 Å². The molecule has 1 fully saturated rings. The van der Waals surface area contributed by atoms with Crippen molar-refractivity contribution < 1.29 is 23.8 Å². The van der Waals surface area contributed by atoms with E-state index in [1.807, 2.05) is 48.5 Å². The number of carbonyl (C=O) groups is 2. The molecule has 0 unspecified atom stereocenters. The van der Waals surface area contributed by atoms with Crippen LogP contribution in [0.4, 0.5) is 0 Å². The van der Waals surface area contributed by atoms with E-state index < -0.39 is 11.8 Å². The molecule has 7 nitrogen and oxygen atoms in total. The highest BCUT2D eigenvalue weighted by Gasteiger charge is 2.37. The summed E-state index contributed by atoms with van der Waals surface area (Å²) in [5.41, 5.74) is 1.53. The molecule has 1 aliphatic heterocycles. The van der Waals surface area contributed by atoms with E-state index in [1.54, 1.807) is 14.2 Å². The number of hydrogen-bond acceptors (Lipinski definition) is 5. The number of amides is 2. The van der Waals surface area contributed by atoms with Crippen LogP contribution < -0.4 is 20.1 Å². The molecule has 0 atom stereocenters. The highest BCUT2D eigenvalue weighted by Crippen LogP contribution is 2.39. The standard InChI is InChI=1S/C23H28N2O5/c1-28-18-7-5-6-17(14-18)15-24-21(26)22(27)25-16-23(10-12-30-13-11-23)19-8-3-4-9-20(19)29-2/h3-9,14H,10-13,15-16H2,1-2H3,(H,24,26)(H,25,27). The van der Waals surface area contributed by atoms with Crippen LogP contribution in [0.2, 0.25) is 0 Å². The summed E-state index contributed by atoms with van der Waals surface area (Å²) in [4.78, 5) is 24.8. The highest BCUT2D eigenvalue weighted by molar-refractivity contribution is 6.35. The molecule has 0 bridgehead atoms. The lowest BCUT2D eigenvalue weighted by molar-refractivity contribution is -0.139. The molecule has 160 valence electrons. The minimum Gasteiger partial charge on any atom is -0.497 e. The minimum atomic E-state index is -0.667. The zero-order valence-electron chi connectivity index (χ0n) is 17.4. The van der Waals surface area contributed by atoms with Gasteiger partial charge in [0.25, 0.3) is 0 Å². The van der Waals surface area contributed by atoms with Gasteiger partial charge in [-0.3, -0.25) is 9.59 Å². The van der Waals surface area contributed by atoms with Gasteiger partial charge in [0, 0.05) is 37.3 Å². The molecule has 2 aromatic carbocycles. The predicted octanol–water partition coefficient (Wildman–Crippen LogP) is 2.18. The van der Waals surface area contributed by atoms with Gasteiger partial charge in [-0.1, -0.05) is 30.3 Å². The average molecular weight is 412 g/mol. The fourth-order valence-corrected chi connectivity index (χ4v) is 3.76. The van der Waals surface area contributed by atoms with Crippen LogP contribution in [0.25, 0.3) is 0 Å². The van der Waals surface area contributed by atoms with Crippen LogP contribution in [0.5, 0.6) is 11.5 Å². The number of para-hydroxylation sites is 1. The fourth-order valence-electron chi connectivity index (χ4n) is 3.76. The van der Waals surface area contributed by atoms with E-state index >= 15 is 0 Å². The number of benzene rings is 2. The van der Waals surface area contributed by atoms with Crippen molar-refractivity contribution in [2.75, 3.05) is 34.0 Å². The number of hydrogen-bond donors (Lipinski definition) is 2. The summed E-state index contributed by atoms with van der Waals surface area (Å²) in [5.74, 6) is 0.152. The van der Waals surface area contributed by atoms with E-state index in [4.69, 9.17) is 14.2 Å². The largest absolute Gasteiger partial charge is 0.497 e. The van der Waals surface area contributed by atoms with Gasteiger partial charge in [-0.25, -0.2) is 0 Å². The van der Waals surface area contributed by atoms with Gasteiger partial charge in [0.1, 0.15) is 11.5 Å². The van der Waals surface area contributed by atoms with Crippen molar-refractivity contribution in [1.82, 2.24) is 10.6 Å². The van der Waals surface area contributed by atoms with E-state index in [1.165, 1.54) is 0 Å². The highest BCUT2D eigenvalue weighted by atomic mass is 16.5. The van der Waals surface area contributed by atoms with Gasteiger partial charge in [0.05, 0.1) is 14.2 Å². The van der Waals surface area contributed by atoms with E-state index in [-0.39, 0.29) is 12.0 Å². The molecule has 0 aliphatic carbocycles. The van der Waals surface area contributed by atoms with Gasteiger partial charge in [-0.05, 0) is 36.6 Å². The second-order valence-corrected chi connectivity index (χ2v) is 7.31. The van der Waals surface area contributed by atoms with Crippen molar-refractivity contribution >= 4 is 11.8 Å². The maximum absolute atomic E-state index is 12.4. The maximum Gasteiger partial charge on any atom is 0.309 e. The van der Waals surface area contributed by atoms with Crippen LogP contribution in [-0.4, -0.2) is 45.8 Å². The molecular formula is C23H28N2O5. The SMILES string of the molecule is COc1cccc(CNC(=O)C(=O)NCC2(c3ccccc3OC)CCOCC2)c1. The van der Waals surface area contributed by atoms with Crippen LogP contribution in [0.15, 0.2) is 48.5 Å². The Balaban J connectivity index is 1.63. The molecule has 1 heterocycles. The Labute approximate surface area is 176 Å². The minimum absolute atomic E-state index is 0.245. The van der Waals surface area contributed by atoms with Crippen molar-refractivity contribution in [2.24, 2.45) is 0 Å². The molecule has 0 saturated carbocycles. The lowest BCUT2D eigenvalue weighted by Crippen LogP contribution is -2.48. The first-order chi connectivity index (χ1) is 14.6. The lowest BCUT2D eigenvalue weighted by Gasteiger charge is -2.38. The Bertz CT molecular complexity index is 877. The van der Waals surface area contributed by atoms with Crippen molar-refractivity contribution in [3.8, 4) is 11.5 Å². The van der Waals surface area contributed by atoms with Crippen molar-refractivity contribution in [2.45, 2.75) is 24.8 Å². The van der Waals surface area contributed by atoms with E-state index in [2.05, 4.69) is 10.6 Å². The Morgan fingerprint density at radius 2 is 1.70 bits per heavy atom. The zero-order valence-corrected chi connectivity index (χ0v) is 17.4. The third-order valence-corrected chi connectivity index (χ3v) is 5.51. The van der Waals surface area contributed by atoms with Gasteiger partial charge < -0.3 is 24.8 Å². The molecular weight excluding hydrogens is 384 g/mol. The van der Waals surface area contributed by atoms with Crippen LogP contribution in [0.1, 0.15) is 24.0 Å². The number of rotatable bonds is 7. The first-order valence-electron chi connectivity index (χ1n) is 9.98. The first-order valence-corrected chi connectivity index (χ1v) is 9.98. The second kappa shape index (κ2) is 10.1. The van der Waals surface area contributed by atoms with Crippen LogP contribution in [0, 0.1) is 0 Å². The van der Waals surface area contributed by atoms with Crippen molar-refractivity contribution in [3.05, 3.63) is 59.7 Å². The van der Waals surface area contributed by atoms with E-state index in [0.717, 1.165) is 29.7 Å². The molecule has 30 heavy (non-hydrogen) atoms. The van der Waals surface area contributed by atoms with Gasteiger partial charge in [-0.2, -0.15) is 0 Å². The molecule has 1 saturated heterocycles. The number of methoxy groups -OCH3 is 2. The van der Waals surface area contributed by atoms with Gasteiger partial charge in [0.15, 0.2) is 0 Å². The summed E-state index contributed by atoms with van der Waals surface area (Å²) in [6.45, 7) is 1.77. The molecule has 2 amide bonds. The lowest BCUT2D eigenvalue weighted by atomic mass is 9.73. The zero-order chi connectivity index (χ0) is 21.4.